The standard InChI is InChI=1S/C13H21N3O4/c1-13(2,3)20-12(19)15-10(11(17)18)5-4-7-16-8-6-14-9-16/h6,8-10H,4-5,7H2,1-3H3,(H,15,19)(H,17,18). The van der Waals surface area contributed by atoms with Gasteiger partial charge in [0.05, 0.1) is 6.33 Å². The van der Waals surface area contributed by atoms with Gasteiger partial charge in [-0.25, -0.2) is 14.6 Å². The van der Waals surface area contributed by atoms with Crippen molar-refractivity contribution in [3.63, 3.8) is 0 Å². The lowest BCUT2D eigenvalue weighted by molar-refractivity contribution is -0.139. The van der Waals surface area contributed by atoms with Gasteiger partial charge in [0, 0.05) is 18.9 Å². The van der Waals surface area contributed by atoms with E-state index in [1.807, 2.05) is 4.57 Å². The number of carbonyl (C=O) groups is 2. The van der Waals surface area contributed by atoms with Crippen LogP contribution in [-0.4, -0.2) is 38.4 Å². The van der Waals surface area contributed by atoms with Crippen LogP contribution in [0, 0.1) is 0 Å². The van der Waals surface area contributed by atoms with Crippen LogP contribution in [-0.2, 0) is 16.1 Å². The summed E-state index contributed by atoms with van der Waals surface area (Å²) in [5, 5.41) is 11.5. The van der Waals surface area contributed by atoms with Crippen LogP contribution in [0.25, 0.3) is 0 Å². The lowest BCUT2D eigenvalue weighted by Crippen LogP contribution is -2.43. The third kappa shape index (κ3) is 6.21. The van der Waals surface area contributed by atoms with Crippen LogP contribution in [0.5, 0.6) is 0 Å². The van der Waals surface area contributed by atoms with E-state index in [0.717, 1.165) is 0 Å². The van der Waals surface area contributed by atoms with Crippen molar-refractivity contribution in [1.29, 1.82) is 0 Å². The molecule has 0 bridgehead atoms. The van der Waals surface area contributed by atoms with Gasteiger partial charge in [0.2, 0.25) is 0 Å². The van der Waals surface area contributed by atoms with E-state index in [1.165, 1.54) is 0 Å². The van der Waals surface area contributed by atoms with Crippen LogP contribution < -0.4 is 5.32 Å². The van der Waals surface area contributed by atoms with Crippen molar-refractivity contribution in [2.75, 3.05) is 0 Å². The molecule has 0 saturated carbocycles. The van der Waals surface area contributed by atoms with Crippen molar-refractivity contribution < 1.29 is 19.4 Å². The molecule has 0 saturated heterocycles. The highest BCUT2D eigenvalue weighted by Crippen LogP contribution is 2.08. The minimum Gasteiger partial charge on any atom is -0.480 e. The normalized spacial score (nSPS) is 12.8. The summed E-state index contributed by atoms with van der Waals surface area (Å²) in [6.07, 6.45) is 5.35. The molecule has 1 aromatic heterocycles. The molecule has 1 heterocycles. The summed E-state index contributed by atoms with van der Waals surface area (Å²) < 4.78 is 6.90. The number of hydrogen-bond donors (Lipinski definition) is 2. The van der Waals surface area contributed by atoms with E-state index in [9.17, 15) is 9.59 Å². The summed E-state index contributed by atoms with van der Waals surface area (Å²) in [5.41, 5.74) is -0.649. The summed E-state index contributed by atoms with van der Waals surface area (Å²) >= 11 is 0. The van der Waals surface area contributed by atoms with Gasteiger partial charge < -0.3 is 19.7 Å². The average molecular weight is 283 g/mol. The van der Waals surface area contributed by atoms with E-state index >= 15 is 0 Å². The quantitative estimate of drug-likeness (QED) is 0.827. The van der Waals surface area contributed by atoms with Crippen molar-refractivity contribution in [3.05, 3.63) is 18.7 Å². The van der Waals surface area contributed by atoms with Crippen LogP contribution >= 0.6 is 0 Å². The highest BCUT2D eigenvalue weighted by atomic mass is 16.6. The summed E-state index contributed by atoms with van der Waals surface area (Å²) in [7, 11) is 0. The molecule has 1 rings (SSSR count). The Morgan fingerprint density at radius 1 is 1.45 bits per heavy atom. The highest BCUT2D eigenvalue weighted by Gasteiger charge is 2.23. The molecule has 0 fully saturated rings. The second kappa shape index (κ2) is 6.93. The zero-order chi connectivity index (χ0) is 15.2. The second-order valence-corrected chi connectivity index (χ2v) is 5.48. The van der Waals surface area contributed by atoms with E-state index in [0.29, 0.717) is 19.4 Å². The van der Waals surface area contributed by atoms with E-state index in [2.05, 4.69) is 10.3 Å². The minimum atomic E-state index is -1.07. The van der Waals surface area contributed by atoms with Gasteiger partial charge in [0.25, 0.3) is 0 Å². The molecule has 0 spiro atoms. The lowest BCUT2D eigenvalue weighted by Gasteiger charge is -2.22. The molecular weight excluding hydrogens is 262 g/mol. The lowest BCUT2D eigenvalue weighted by atomic mass is 10.1. The molecule has 7 heteroatoms. The molecule has 20 heavy (non-hydrogen) atoms. The van der Waals surface area contributed by atoms with Gasteiger partial charge in [-0.15, -0.1) is 0 Å². The van der Waals surface area contributed by atoms with Crippen LogP contribution in [0.15, 0.2) is 18.7 Å². The topological polar surface area (TPSA) is 93.5 Å². The van der Waals surface area contributed by atoms with Gasteiger partial charge in [-0.05, 0) is 33.6 Å². The third-order valence-electron chi connectivity index (χ3n) is 2.46. The number of nitrogens with zero attached hydrogens (tertiary/aromatic N) is 2. The summed E-state index contributed by atoms with van der Waals surface area (Å²) in [5.74, 6) is -1.07. The number of aryl methyl sites for hydroxylation is 1. The van der Waals surface area contributed by atoms with Gasteiger partial charge in [0.1, 0.15) is 11.6 Å². The average Bonchev–Trinajstić information content (AvgIpc) is 2.77. The smallest absolute Gasteiger partial charge is 0.408 e. The molecular formula is C13H21N3O4. The number of carbonyl (C=O) groups excluding carboxylic acids is 1. The molecule has 0 aliphatic rings. The van der Waals surface area contributed by atoms with Crippen molar-refractivity contribution in [3.8, 4) is 0 Å². The van der Waals surface area contributed by atoms with Crippen LogP contribution in [0.2, 0.25) is 0 Å². The molecule has 1 unspecified atom stereocenters. The number of carboxylic acid groups (broad SMARTS) is 1. The Balaban J connectivity index is 2.40. The van der Waals surface area contributed by atoms with Crippen LogP contribution in [0.4, 0.5) is 4.79 Å². The molecule has 0 radical (unpaired) electrons. The van der Waals surface area contributed by atoms with E-state index in [1.54, 1.807) is 39.5 Å². The molecule has 1 aromatic rings. The fraction of sp³-hybridized carbons (Fsp3) is 0.615. The first-order valence-corrected chi connectivity index (χ1v) is 6.46. The first kappa shape index (κ1) is 16.0. The van der Waals surface area contributed by atoms with Gasteiger partial charge in [-0.3, -0.25) is 0 Å². The van der Waals surface area contributed by atoms with E-state index in [4.69, 9.17) is 9.84 Å². The van der Waals surface area contributed by atoms with Crippen LogP contribution in [0.3, 0.4) is 0 Å². The van der Waals surface area contributed by atoms with Crippen molar-refractivity contribution in [1.82, 2.24) is 14.9 Å². The molecule has 1 amide bonds. The monoisotopic (exact) mass is 283 g/mol. The number of amides is 1. The Hall–Kier alpha value is -2.05. The SMILES string of the molecule is CC(C)(C)OC(=O)NC(CCCn1ccnc1)C(=O)O. The summed E-state index contributed by atoms with van der Waals surface area (Å²) in [6, 6.07) is -0.951. The minimum absolute atomic E-state index is 0.326. The first-order valence-electron chi connectivity index (χ1n) is 6.46. The number of ether oxygens (including phenoxy) is 1. The van der Waals surface area contributed by atoms with Gasteiger partial charge in [0.15, 0.2) is 0 Å². The predicted octanol–water partition coefficient (Wildman–Crippen LogP) is 1.64. The number of aliphatic carboxylic acids is 1. The predicted molar refractivity (Wildman–Crippen MR) is 72.3 cm³/mol. The zero-order valence-electron chi connectivity index (χ0n) is 12.0. The van der Waals surface area contributed by atoms with Gasteiger partial charge >= 0.3 is 12.1 Å². The Kier molecular flexibility index (Phi) is 5.54. The van der Waals surface area contributed by atoms with Gasteiger partial charge in [-0.2, -0.15) is 0 Å². The number of imidazole rings is 1. The maximum absolute atomic E-state index is 11.6. The van der Waals surface area contributed by atoms with Gasteiger partial charge in [-0.1, -0.05) is 0 Å². The van der Waals surface area contributed by atoms with Crippen LogP contribution in [0.1, 0.15) is 33.6 Å². The Morgan fingerprint density at radius 3 is 2.65 bits per heavy atom. The molecule has 0 aliphatic carbocycles. The first-order chi connectivity index (χ1) is 9.28. The summed E-state index contributed by atoms with van der Waals surface area (Å²) in [4.78, 5) is 26.6. The van der Waals surface area contributed by atoms with E-state index in [-0.39, 0.29) is 0 Å². The third-order valence-corrected chi connectivity index (χ3v) is 2.46. The summed E-state index contributed by atoms with van der Waals surface area (Å²) in [6.45, 7) is 5.82. The molecule has 7 nitrogen and oxygen atoms in total. The number of alkyl carbamates (subject to hydrolysis) is 1. The maximum Gasteiger partial charge on any atom is 0.408 e. The fourth-order valence-electron chi connectivity index (χ4n) is 1.60. The fourth-order valence-corrected chi connectivity index (χ4v) is 1.60. The maximum atomic E-state index is 11.6. The number of nitrogens with one attached hydrogen (secondary N) is 1. The second-order valence-electron chi connectivity index (χ2n) is 5.48. The Bertz CT molecular complexity index is 437. The van der Waals surface area contributed by atoms with Crippen molar-refractivity contribution in [2.24, 2.45) is 0 Å². The molecule has 2 N–H and O–H groups in total. The zero-order valence-corrected chi connectivity index (χ0v) is 12.0. The Labute approximate surface area is 118 Å². The Morgan fingerprint density at radius 2 is 2.15 bits per heavy atom. The van der Waals surface area contributed by atoms with E-state index < -0.39 is 23.7 Å². The number of aromatic nitrogens is 2. The van der Waals surface area contributed by atoms with Crippen molar-refractivity contribution >= 4 is 12.1 Å². The number of carboxylic acids is 1. The molecule has 112 valence electrons. The van der Waals surface area contributed by atoms with Crippen molar-refractivity contribution in [2.45, 2.75) is 51.8 Å². The molecule has 0 aliphatic heterocycles. The highest BCUT2D eigenvalue weighted by molar-refractivity contribution is 5.79. The largest absolute Gasteiger partial charge is 0.480 e. The number of rotatable bonds is 6. The number of hydrogen-bond acceptors (Lipinski definition) is 4. The molecule has 0 aromatic carbocycles. The molecule has 1 atom stereocenters.